The molecule has 0 radical (unpaired) electrons. The molecule has 4 nitrogen and oxygen atoms in total. The topological polar surface area (TPSA) is 55.8 Å². The maximum Gasteiger partial charge on any atom is 0.328 e. The van der Waals surface area contributed by atoms with Crippen LogP contribution in [0.4, 0.5) is 0 Å². The summed E-state index contributed by atoms with van der Waals surface area (Å²) in [6.45, 7) is 6.83. The van der Waals surface area contributed by atoms with E-state index >= 15 is 0 Å². The van der Waals surface area contributed by atoms with Crippen LogP contribution in [0.25, 0.3) is 6.08 Å². The smallest absolute Gasteiger partial charge is 0.328 e. The molecule has 24 heavy (non-hydrogen) atoms. The van der Waals surface area contributed by atoms with E-state index in [1.165, 1.54) is 19.3 Å². The van der Waals surface area contributed by atoms with Crippen LogP contribution in [0.1, 0.15) is 69.9 Å². The van der Waals surface area contributed by atoms with E-state index < -0.39 is 5.97 Å². The van der Waals surface area contributed by atoms with Gasteiger partial charge in [-0.2, -0.15) is 0 Å². The van der Waals surface area contributed by atoms with Crippen LogP contribution >= 0.6 is 0 Å². The van der Waals surface area contributed by atoms with Crippen LogP contribution in [0.2, 0.25) is 0 Å². The van der Waals surface area contributed by atoms with Gasteiger partial charge >= 0.3 is 5.97 Å². The number of aliphatic carboxylic acids is 1. The highest BCUT2D eigenvalue weighted by atomic mass is 16.5. The molecule has 1 aromatic rings. The molecule has 0 aliphatic carbocycles. The van der Waals surface area contributed by atoms with E-state index in [0.717, 1.165) is 41.5 Å². The predicted octanol–water partition coefficient (Wildman–Crippen LogP) is 5.27. The van der Waals surface area contributed by atoms with E-state index in [2.05, 4.69) is 13.8 Å². The van der Waals surface area contributed by atoms with Crippen LogP contribution in [0.3, 0.4) is 0 Å². The summed E-state index contributed by atoms with van der Waals surface area (Å²) < 4.78 is 11.5. The summed E-state index contributed by atoms with van der Waals surface area (Å²) in [7, 11) is 1.67. The molecule has 1 N–H and O–H groups in total. The third kappa shape index (κ3) is 5.59. The molecule has 134 valence electrons. The molecular weight excluding hydrogens is 304 g/mol. The summed E-state index contributed by atoms with van der Waals surface area (Å²) >= 11 is 0. The van der Waals surface area contributed by atoms with Crippen LogP contribution in [-0.4, -0.2) is 24.8 Å². The van der Waals surface area contributed by atoms with Crippen molar-refractivity contribution < 1.29 is 19.4 Å². The first-order valence-electron chi connectivity index (χ1n) is 8.83. The molecule has 0 saturated carbocycles. The Morgan fingerprint density at radius 2 is 2.00 bits per heavy atom. The quantitative estimate of drug-likeness (QED) is 0.443. The molecule has 1 rings (SSSR count). The van der Waals surface area contributed by atoms with Crippen LogP contribution in [-0.2, 0) is 4.79 Å². The van der Waals surface area contributed by atoms with Gasteiger partial charge in [-0.1, -0.05) is 33.1 Å². The molecule has 0 aliphatic rings. The van der Waals surface area contributed by atoms with E-state index in [0.29, 0.717) is 12.5 Å². The fraction of sp³-hybridized carbons (Fsp3) is 0.550. The highest BCUT2D eigenvalue weighted by molar-refractivity contribution is 5.86. The number of carboxylic acids is 1. The van der Waals surface area contributed by atoms with Gasteiger partial charge in [0, 0.05) is 17.2 Å². The summed E-state index contributed by atoms with van der Waals surface area (Å²) in [4.78, 5) is 10.9. The third-order valence-corrected chi connectivity index (χ3v) is 4.16. The summed E-state index contributed by atoms with van der Waals surface area (Å²) in [6.07, 6.45) is 8.37. The van der Waals surface area contributed by atoms with Gasteiger partial charge in [-0.05, 0) is 43.9 Å². The minimum atomic E-state index is -0.968. The van der Waals surface area contributed by atoms with Crippen molar-refractivity contribution in [1.82, 2.24) is 0 Å². The Morgan fingerprint density at radius 3 is 2.54 bits per heavy atom. The van der Waals surface area contributed by atoms with Crippen molar-refractivity contribution in [3.63, 3.8) is 0 Å². The molecule has 0 aromatic heterocycles. The summed E-state index contributed by atoms with van der Waals surface area (Å²) in [5.74, 6) is 0.933. The molecule has 0 bridgehead atoms. The number of rotatable bonds is 11. The molecule has 1 aromatic carbocycles. The summed E-state index contributed by atoms with van der Waals surface area (Å²) in [6, 6.07) is 3.76. The second-order valence-corrected chi connectivity index (χ2v) is 5.81. The minimum Gasteiger partial charge on any atom is -0.496 e. The minimum absolute atomic E-state index is 0.339. The largest absolute Gasteiger partial charge is 0.496 e. The number of carbonyl (C=O) groups is 1. The summed E-state index contributed by atoms with van der Waals surface area (Å²) in [5, 5.41) is 8.91. The van der Waals surface area contributed by atoms with Gasteiger partial charge in [0.1, 0.15) is 11.5 Å². The molecule has 0 saturated heterocycles. The average molecular weight is 334 g/mol. The maximum absolute atomic E-state index is 10.9. The lowest BCUT2D eigenvalue weighted by Gasteiger charge is -2.23. The number of benzene rings is 1. The van der Waals surface area contributed by atoms with Crippen LogP contribution in [0.15, 0.2) is 18.2 Å². The van der Waals surface area contributed by atoms with Gasteiger partial charge in [0.05, 0.1) is 13.7 Å². The Balaban J connectivity index is 3.34. The van der Waals surface area contributed by atoms with Crippen LogP contribution in [0.5, 0.6) is 11.5 Å². The van der Waals surface area contributed by atoms with Crippen molar-refractivity contribution in [1.29, 1.82) is 0 Å². The number of carboxylic acid groups (broad SMARTS) is 1. The molecule has 0 fully saturated rings. The molecule has 1 unspecified atom stereocenters. The Hall–Kier alpha value is -1.97. The van der Waals surface area contributed by atoms with E-state index in [1.807, 2.05) is 19.1 Å². The van der Waals surface area contributed by atoms with E-state index in [9.17, 15) is 4.79 Å². The van der Waals surface area contributed by atoms with Gasteiger partial charge < -0.3 is 14.6 Å². The van der Waals surface area contributed by atoms with Crippen molar-refractivity contribution in [3.05, 3.63) is 29.3 Å². The van der Waals surface area contributed by atoms with Gasteiger partial charge in [0.15, 0.2) is 0 Å². The number of unbranched alkanes of at least 4 members (excludes halogenated alkanes) is 2. The second kappa shape index (κ2) is 10.7. The van der Waals surface area contributed by atoms with Crippen molar-refractivity contribution in [3.8, 4) is 11.5 Å². The van der Waals surface area contributed by atoms with E-state index in [4.69, 9.17) is 14.6 Å². The first-order chi connectivity index (χ1) is 11.6. The monoisotopic (exact) mass is 334 g/mol. The highest BCUT2D eigenvalue weighted by Crippen LogP contribution is 2.42. The fourth-order valence-electron chi connectivity index (χ4n) is 2.95. The lowest BCUT2D eigenvalue weighted by Crippen LogP contribution is -2.07. The zero-order valence-electron chi connectivity index (χ0n) is 15.3. The maximum atomic E-state index is 10.9. The molecule has 0 spiro atoms. The van der Waals surface area contributed by atoms with Crippen LogP contribution in [0, 0.1) is 0 Å². The first-order valence-corrected chi connectivity index (χ1v) is 8.83. The third-order valence-electron chi connectivity index (χ3n) is 4.16. The van der Waals surface area contributed by atoms with Crippen LogP contribution < -0.4 is 9.47 Å². The molecule has 0 aliphatic heterocycles. The van der Waals surface area contributed by atoms with Gasteiger partial charge in [0.2, 0.25) is 0 Å². The lowest BCUT2D eigenvalue weighted by atomic mass is 9.88. The number of hydrogen-bond acceptors (Lipinski definition) is 3. The molecule has 0 heterocycles. The van der Waals surface area contributed by atoms with Gasteiger partial charge in [-0.15, -0.1) is 0 Å². The highest BCUT2D eigenvalue weighted by Gasteiger charge is 2.22. The van der Waals surface area contributed by atoms with Crippen molar-refractivity contribution in [2.45, 2.75) is 58.8 Å². The molecule has 0 amide bonds. The Bertz CT molecular complexity index is 549. The van der Waals surface area contributed by atoms with E-state index in [1.54, 1.807) is 13.2 Å². The predicted molar refractivity (Wildman–Crippen MR) is 98.0 cm³/mol. The van der Waals surface area contributed by atoms with Crippen molar-refractivity contribution >= 4 is 12.0 Å². The van der Waals surface area contributed by atoms with Gasteiger partial charge in [-0.3, -0.25) is 0 Å². The molecule has 4 heteroatoms. The zero-order valence-corrected chi connectivity index (χ0v) is 15.3. The first kappa shape index (κ1) is 20.1. The Kier molecular flexibility index (Phi) is 8.98. The SMILES string of the molecule is CCCCCC(CC)c1c(OC)ccc(C=CC(=O)O)c1OCC. The number of ether oxygens (including phenoxy) is 2. The second-order valence-electron chi connectivity index (χ2n) is 5.81. The number of hydrogen-bond donors (Lipinski definition) is 1. The van der Waals surface area contributed by atoms with Gasteiger partial charge in [-0.25, -0.2) is 4.79 Å². The van der Waals surface area contributed by atoms with Gasteiger partial charge in [0.25, 0.3) is 0 Å². The zero-order chi connectivity index (χ0) is 17.9. The Labute approximate surface area is 145 Å². The van der Waals surface area contributed by atoms with Crippen molar-refractivity contribution in [2.24, 2.45) is 0 Å². The molecule has 1 atom stereocenters. The Morgan fingerprint density at radius 1 is 1.25 bits per heavy atom. The molecular formula is C20H30O4. The summed E-state index contributed by atoms with van der Waals surface area (Å²) in [5.41, 5.74) is 1.84. The lowest BCUT2D eigenvalue weighted by molar-refractivity contribution is -0.131. The standard InChI is InChI=1S/C20H30O4/c1-5-8-9-10-15(6-2)19-17(23-4)13-11-16(12-14-18(21)22)20(19)24-7-3/h11-15H,5-10H2,1-4H3,(H,21,22). The number of methoxy groups -OCH3 is 1. The fourth-order valence-corrected chi connectivity index (χ4v) is 2.95. The van der Waals surface area contributed by atoms with E-state index in [-0.39, 0.29) is 0 Å². The average Bonchev–Trinajstić information content (AvgIpc) is 2.58. The normalized spacial score (nSPS) is 12.3. The van der Waals surface area contributed by atoms with Crippen molar-refractivity contribution in [2.75, 3.05) is 13.7 Å².